The lowest BCUT2D eigenvalue weighted by atomic mass is 10.2. The summed E-state index contributed by atoms with van der Waals surface area (Å²) in [6.07, 6.45) is 4.92. The van der Waals surface area contributed by atoms with Gasteiger partial charge in [0.25, 0.3) is 0 Å². The predicted octanol–water partition coefficient (Wildman–Crippen LogP) is 5.11. The van der Waals surface area contributed by atoms with E-state index in [1.54, 1.807) is 24.4 Å². The highest BCUT2D eigenvalue weighted by Crippen LogP contribution is 2.34. The summed E-state index contributed by atoms with van der Waals surface area (Å²) in [6.45, 7) is 0. The summed E-state index contributed by atoms with van der Waals surface area (Å²) in [5, 5.41) is 7.18. The van der Waals surface area contributed by atoms with Gasteiger partial charge in [0.2, 0.25) is 16.0 Å². The summed E-state index contributed by atoms with van der Waals surface area (Å²) in [5.41, 5.74) is 2.97. The van der Waals surface area contributed by atoms with Gasteiger partial charge >= 0.3 is 0 Å². The van der Waals surface area contributed by atoms with E-state index >= 15 is 0 Å². The first-order valence-corrected chi connectivity index (χ1v) is 12.1. The molecule has 0 unspecified atom stereocenters. The van der Waals surface area contributed by atoms with Crippen LogP contribution < -0.4 is 15.4 Å². The zero-order valence-electron chi connectivity index (χ0n) is 16.3. The third-order valence-electron chi connectivity index (χ3n) is 4.98. The van der Waals surface area contributed by atoms with Gasteiger partial charge in [0.05, 0.1) is 26.8 Å². The monoisotopic (exact) mass is 498 g/mol. The molecule has 0 atom stereocenters. The molecule has 4 N–H and O–H groups in total. The van der Waals surface area contributed by atoms with Gasteiger partial charge in [-0.3, -0.25) is 4.72 Å². The second kappa shape index (κ2) is 7.86. The highest BCUT2D eigenvalue weighted by atomic mass is 79.9. The molecule has 1 aliphatic carbocycles. The number of sulfonamides is 1. The van der Waals surface area contributed by atoms with Crippen molar-refractivity contribution in [3.63, 3.8) is 0 Å². The van der Waals surface area contributed by atoms with E-state index in [-0.39, 0.29) is 5.25 Å². The lowest BCUT2D eigenvalue weighted by Gasteiger charge is -2.15. The molecule has 2 heterocycles. The Hall–Kier alpha value is -3.11. The van der Waals surface area contributed by atoms with Gasteiger partial charge in [0.1, 0.15) is 5.82 Å². The number of hydrogen-bond donors (Lipinski definition) is 4. The van der Waals surface area contributed by atoms with Crippen molar-refractivity contribution in [2.24, 2.45) is 0 Å². The standard InChI is InChI=1S/C21H19BrN6O2S/c22-15-12-24-21(26-17-7-3-6-16-14(17)10-11-23-16)27-20(15)25-18-4-1-2-5-19(18)28-31(29,30)13-8-9-13/h1-7,10-13,23,28H,8-9H2,(H2,24,25,26,27). The Balaban J connectivity index is 1.42. The van der Waals surface area contributed by atoms with Crippen molar-refractivity contribution < 1.29 is 8.42 Å². The molecule has 0 radical (unpaired) electrons. The van der Waals surface area contributed by atoms with Crippen molar-refractivity contribution in [3.05, 3.63) is 65.4 Å². The van der Waals surface area contributed by atoms with Crippen LogP contribution in [0, 0.1) is 0 Å². The Morgan fingerprint density at radius 2 is 1.74 bits per heavy atom. The van der Waals surface area contributed by atoms with Crippen molar-refractivity contribution in [2.75, 3.05) is 15.4 Å². The summed E-state index contributed by atoms with van der Waals surface area (Å²) in [4.78, 5) is 12.1. The van der Waals surface area contributed by atoms with E-state index in [1.165, 1.54) is 0 Å². The second-order valence-electron chi connectivity index (χ2n) is 7.28. The molecule has 10 heteroatoms. The molecule has 31 heavy (non-hydrogen) atoms. The minimum atomic E-state index is -3.38. The molecule has 0 aliphatic heterocycles. The minimum absolute atomic E-state index is 0.307. The number of benzene rings is 2. The molecule has 1 fully saturated rings. The van der Waals surface area contributed by atoms with Gasteiger partial charge in [-0.2, -0.15) is 4.98 Å². The topological polar surface area (TPSA) is 112 Å². The molecular formula is C21H19BrN6O2S. The predicted molar refractivity (Wildman–Crippen MR) is 127 cm³/mol. The van der Waals surface area contributed by atoms with Gasteiger partial charge < -0.3 is 15.6 Å². The summed E-state index contributed by atoms with van der Waals surface area (Å²) < 4.78 is 28.1. The molecule has 0 bridgehead atoms. The number of hydrogen-bond acceptors (Lipinski definition) is 6. The van der Waals surface area contributed by atoms with Crippen LogP contribution in [0.5, 0.6) is 0 Å². The van der Waals surface area contributed by atoms with Gasteiger partial charge in [-0.1, -0.05) is 18.2 Å². The number of rotatable bonds is 7. The molecule has 1 saturated carbocycles. The molecule has 0 amide bonds. The van der Waals surface area contributed by atoms with Crippen molar-refractivity contribution in [1.82, 2.24) is 15.0 Å². The average molecular weight is 499 g/mol. The average Bonchev–Trinajstić information content (AvgIpc) is 3.51. The number of nitrogens with zero attached hydrogens (tertiary/aromatic N) is 2. The molecule has 2 aromatic heterocycles. The highest BCUT2D eigenvalue weighted by Gasteiger charge is 2.36. The van der Waals surface area contributed by atoms with Crippen molar-refractivity contribution in [1.29, 1.82) is 0 Å². The van der Waals surface area contributed by atoms with E-state index in [0.717, 1.165) is 16.6 Å². The van der Waals surface area contributed by atoms with E-state index in [4.69, 9.17) is 0 Å². The van der Waals surface area contributed by atoms with E-state index in [1.807, 2.05) is 36.5 Å². The van der Waals surface area contributed by atoms with Gasteiger partial charge in [-0.15, -0.1) is 0 Å². The van der Waals surface area contributed by atoms with Crippen LogP contribution in [0.1, 0.15) is 12.8 Å². The number of aromatic amines is 1. The molecule has 1 aliphatic rings. The van der Waals surface area contributed by atoms with Crippen molar-refractivity contribution >= 4 is 65.7 Å². The van der Waals surface area contributed by atoms with Gasteiger partial charge in [0.15, 0.2) is 0 Å². The molecule has 2 aromatic carbocycles. The first-order chi connectivity index (χ1) is 15.0. The van der Waals surface area contributed by atoms with Crippen LogP contribution in [0.2, 0.25) is 0 Å². The lowest BCUT2D eigenvalue weighted by molar-refractivity contribution is 0.600. The lowest BCUT2D eigenvalue weighted by Crippen LogP contribution is -2.18. The van der Waals surface area contributed by atoms with Crippen molar-refractivity contribution in [2.45, 2.75) is 18.1 Å². The number of halogens is 1. The number of nitrogens with one attached hydrogen (secondary N) is 4. The number of para-hydroxylation sites is 2. The van der Waals surface area contributed by atoms with Gasteiger partial charge in [0, 0.05) is 23.3 Å². The van der Waals surface area contributed by atoms with Crippen molar-refractivity contribution in [3.8, 4) is 0 Å². The molecule has 5 rings (SSSR count). The summed E-state index contributed by atoms with van der Waals surface area (Å²) in [6, 6.07) is 15.0. The Bertz CT molecular complexity index is 1370. The number of anilines is 5. The fraction of sp³-hybridized carbons (Fsp3) is 0.143. The number of H-pyrrole nitrogens is 1. The minimum Gasteiger partial charge on any atom is -0.361 e. The maximum atomic E-state index is 12.4. The first-order valence-electron chi connectivity index (χ1n) is 9.73. The second-order valence-corrected chi connectivity index (χ2v) is 10.1. The normalized spacial score (nSPS) is 13.8. The third kappa shape index (κ3) is 4.21. The quantitative estimate of drug-likeness (QED) is 0.281. The maximum Gasteiger partial charge on any atom is 0.235 e. The number of fused-ring (bicyclic) bond motifs is 1. The van der Waals surface area contributed by atoms with E-state index in [0.29, 0.717) is 40.5 Å². The molecule has 8 nitrogen and oxygen atoms in total. The molecule has 158 valence electrons. The maximum absolute atomic E-state index is 12.4. The largest absolute Gasteiger partial charge is 0.361 e. The van der Waals surface area contributed by atoms with Crippen LogP contribution in [0.25, 0.3) is 10.9 Å². The Morgan fingerprint density at radius 3 is 2.55 bits per heavy atom. The smallest absolute Gasteiger partial charge is 0.235 e. The number of aromatic nitrogens is 3. The Kier molecular flexibility index (Phi) is 5.03. The van der Waals surface area contributed by atoms with Gasteiger partial charge in [-0.05, 0) is 59.1 Å². The zero-order chi connectivity index (χ0) is 21.4. The summed E-state index contributed by atoms with van der Waals surface area (Å²) in [7, 11) is -3.38. The third-order valence-corrected chi connectivity index (χ3v) is 7.41. The fourth-order valence-electron chi connectivity index (χ4n) is 3.25. The van der Waals surface area contributed by atoms with E-state index < -0.39 is 10.0 Å². The molecule has 4 aromatic rings. The Labute approximate surface area is 187 Å². The highest BCUT2D eigenvalue weighted by molar-refractivity contribution is 9.10. The zero-order valence-corrected chi connectivity index (χ0v) is 18.7. The van der Waals surface area contributed by atoms with Crippen LogP contribution in [-0.4, -0.2) is 28.6 Å². The first kappa shape index (κ1) is 19.8. The van der Waals surface area contributed by atoms with Crippen LogP contribution >= 0.6 is 15.9 Å². The van der Waals surface area contributed by atoms with E-state index in [9.17, 15) is 8.42 Å². The van der Waals surface area contributed by atoms with Crippen LogP contribution in [0.4, 0.5) is 28.8 Å². The Morgan fingerprint density at radius 1 is 0.968 bits per heavy atom. The fourth-order valence-corrected chi connectivity index (χ4v) is 4.95. The summed E-state index contributed by atoms with van der Waals surface area (Å²) >= 11 is 3.47. The SMILES string of the molecule is O=S(=O)(Nc1ccccc1Nc1nc(Nc2cccc3[nH]ccc23)ncc1Br)C1CC1. The van der Waals surface area contributed by atoms with E-state index in [2.05, 4.69) is 46.2 Å². The summed E-state index contributed by atoms with van der Waals surface area (Å²) in [5.74, 6) is 0.923. The van der Waals surface area contributed by atoms with Crippen LogP contribution in [0.15, 0.2) is 65.4 Å². The van der Waals surface area contributed by atoms with Crippen LogP contribution in [0.3, 0.4) is 0 Å². The molecule has 0 saturated heterocycles. The molecular weight excluding hydrogens is 480 g/mol. The van der Waals surface area contributed by atoms with Crippen LogP contribution in [-0.2, 0) is 10.0 Å². The van der Waals surface area contributed by atoms with Gasteiger partial charge in [-0.25, -0.2) is 13.4 Å². The molecule has 0 spiro atoms.